The lowest BCUT2D eigenvalue weighted by Gasteiger charge is -2.04. The minimum Gasteiger partial charge on any atom is -0.477 e. The lowest BCUT2D eigenvalue weighted by Crippen LogP contribution is -2.10. The van der Waals surface area contributed by atoms with E-state index in [-0.39, 0.29) is 5.70 Å². The Kier molecular flexibility index (Phi) is 3.30. The van der Waals surface area contributed by atoms with Crippen LogP contribution in [0.15, 0.2) is 53.1 Å². The molecule has 0 aliphatic carbocycles. The van der Waals surface area contributed by atoms with Crippen molar-refractivity contribution < 1.29 is 14.3 Å². The third kappa shape index (κ3) is 2.57. The average Bonchev–Trinajstić information content (AvgIpc) is 3.17. The summed E-state index contributed by atoms with van der Waals surface area (Å²) in [5.41, 5.74) is 0.614. The summed E-state index contributed by atoms with van der Waals surface area (Å²) in [6.45, 7) is 0. The van der Waals surface area contributed by atoms with Gasteiger partial charge in [0.05, 0.1) is 6.26 Å². The summed E-state index contributed by atoms with van der Waals surface area (Å²) in [5.74, 6) is -0.409. The lowest BCUT2D eigenvalue weighted by molar-refractivity contribution is -0.130. The average molecular weight is 282 g/mol. The molecule has 2 aromatic heterocycles. The maximum atomic E-state index is 11.5. The van der Waals surface area contributed by atoms with Gasteiger partial charge in [0.2, 0.25) is 0 Å². The summed E-state index contributed by atoms with van der Waals surface area (Å²) in [6, 6.07) is 12.4. The van der Waals surface area contributed by atoms with Gasteiger partial charge in [0.25, 0.3) is 0 Å². The van der Waals surface area contributed by atoms with Crippen LogP contribution in [0.25, 0.3) is 23.2 Å². The summed E-state index contributed by atoms with van der Waals surface area (Å²) in [5, 5.41) is 20.6. The van der Waals surface area contributed by atoms with Crippen LogP contribution in [-0.4, -0.2) is 31.3 Å². The van der Waals surface area contributed by atoms with Gasteiger partial charge in [0.1, 0.15) is 5.76 Å². The molecule has 0 aliphatic rings. The van der Waals surface area contributed by atoms with Crippen LogP contribution in [0, 0.1) is 0 Å². The van der Waals surface area contributed by atoms with Gasteiger partial charge in [-0.15, -0.1) is 5.10 Å². The number of rotatable bonds is 4. The number of furan rings is 1. The predicted molar refractivity (Wildman–Crippen MR) is 73.8 cm³/mol. The smallest absolute Gasteiger partial charge is 0.354 e. The highest BCUT2D eigenvalue weighted by molar-refractivity contribution is 6.14. The van der Waals surface area contributed by atoms with Crippen molar-refractivity contribution in [2.45, 2.75) is 0 Å². The molecule has 1 aromatic carbocycles. The highest BCUT2D eigenvalue weighted by Crippen LogP contribution is 2.20. The van der Waals surface area contributed by atoms with E-state index in [1.54, 1.807) is 24.3 Å². The van der Waals surface area contributed by atoms with Crippen molar-refractivity contribution in [3.05, 3.63) is 54.5 Å². The standard InChI is InChI=1S/C14H10N4O3/c19-14(20)12(9-11-7-4-8-21-11)18-13(15-16-17-18)10-5-2-1-3-6-10/h1-9H,(H,19,20)/b12-9-. The number of carboxylic acids is 1. The van der Waals surface area contributed by atoms with Gasteiger partial charge in [-0.3, -0.25) is 0 Å². The predicted octanol–water partition coefficient (Wildman–Crippen LogP) is 2.02. The van der Waals surface area contributed by atoms with Crippen molar-refractivity contribution in [2.75, 3.05) is 0 Å². The first-order chi connectivity index (χ1) is 10.3. The van der Waals surface area contributed by atoms with Crippen LogP contribution >= 0.6 is 0 Å². The second-order valence-electron chi connectivity index (χ2n) is 4.13. The second-order valence-corrected chi connectivity index (χ2v) is 4.13. The highest BCUT2D eigenvalue weighted by Gasteiger charge is 2.18. The molecule has 1 N–H and O–H groups in total. The van der Waals surface area contributed by atoms with E-state index in [1.165, 1.54) is 17.0 Å². The number of hydrogen-bond donors (Lipinski definition) is 1. The lowest BCUT2D eigenvalue weighted by atomic mass is 10.2. The minimum absolute atomic E-state index is 0.103. The molecule has 104 valence electrons. The van der Waals surface area contributed by atoms with Crippen LogP contribution in [0.2, 0.25) is 0 Å². The molecule has 0 saturated heterocycles. The Morgan fingerprint density at radius 1 is 1.19 bits per heavy atom. The fraction of sp³-hybridized carbons (Fsp3) is 0. The molecule has 0 fully saturated rings. The van der Waals surface area contributed by atoms with Crippen molar-refractivity contribution in [1.29, 1.82) is 0 Å². The third-order valence-corrected chi connectivity index (χ3v) is 2.77. The maximum absolute atomic E-state index is 11.5. The Hall–Kier alpha value is -3.22. The molecule has 0 amide bonds. The molecule has 21 heavy (non-hydrogen) atoms. The van der Waals surface area contributed by atoms with Crippen LogP contribution in [0.4, 0.5) is 0 Å². The molecule has 0 saturated carbocycles. The molecular weight excluding hydrogens is 272 g/mol. The molecule has 0 atom stereocenters. The largest absolute Gasteiger partial charge is 0.477 e. The Labute approximate surface area is 119 Å². The third-order valence-electron chi connectivity index (χ3n) is 2.77. The van der Waals surface area contributed by atoms with Gasteiger partial charge in [-0.1, -0.05) is 30.3 Å². The fourth-order valence-corrected chi connectivity index (χ4v) is 1.84. The first kappa shape index (κ1) is 12.8. The summed E-state index contributed by atoms with van der Waals surface area (Å²) in [4.78, 5) is 11.5. The molecule has 7 heteroatoms. The number of hydrogen-bond acceptors (Lipinski definition) is 5. The van der Waals surface area contributed by atoms with Gasteiger partial charge < -0.3 is 9.52 Å². The monoisotopic (exact) mass is 282 g/mol. The molecule has 0 spiro atoms. The van der Waals surface area contributed by atoms with Crippen molar-refractivity contribution in [1.82, 2.24) is 20.2 Å². The molecule has 3 rings (SSSR count). The Bertz CT molecular complexity index is 776. The zero-order valence-electron chi connectivity index (χ0n) is 10.7. The molecule has 0 bridgehead atoms. The van der Waals surface area contributed by atoms with Crippen molar-refractivity contribution in [3.8, 4) is 11.4 Å². The number of carboxylic acid groups (broad SMARTS) is 1. The Balaban J connectivity index is 2.11. The van der Waals surface area contributed by atoms with Gasteiger partial charge >= 0.3 is 5.97 Å². The van der Waals surface area contributed by atoms with E-state index in [4.69, 9.17) is 4.42 Å². The Morgan fingerprint density at radius 3 is 2.67 bits per heavy atom. The van der Waals surface area contributed by atoms with E-state index in [0.717, 1.165) is 0 Å². The molecule has 7 nitrogen and oxygen atoms in total. The quantitative estimate of drug-likeness (QED) is 0.736. The fourth-order valence-electron chi connectivity index (χ4n) is 1.84. The van der Waals surface area contributed by atoms with E-state index in [0.29, 0.717) is 17.1 Å². The number of tetrazole rings is 1. The van der Waals surface area contributed by atoms with E-state index < -0.39 is 5.97 Å². The second kappa shape index (κ2) is 5.41. The van der Waals surface area contributed by atoms with E-state index in [1.807, 2.05) is 18.2 Å². The highest BCUT2D eigenvalue weighted by atomic mass is 16.4. The van der Waals surface area contributed by atoms with Gasteiger partial charge in [-0.25, -0.2) is 4.79 Å². The van der Waals surface area contributed by atoms with Gasteiger partial charge in [0, 0.05) is 11.6 Å². The zero-order chi connectivity index (χ0) is 14.7. The van der Waals surface area contributed by atoms with Gasteiger partial charge in [-0.05, 0) is 22.6 Å². The first-order valence-electron chi connectivity index (χ1n) is 6.08. The summed E-state index contributed by atoms with van der Waals surface area (Å²) in [6.07, 6.45) is 2.83. The topological polar surface area (TPSA) is 94.0 Å². The molecular formula is C14H10N4O3. The molecule has 3 aromatic rings. The van der Waals surface area contributed by atoms with Crippen molar-refractivity contribution in [2.24, 2.45) is 0 Å². The maximum Gasteiger partial charge on any atom is 0.354 e. The van der Waals surface area contributed by atoms with Crippen molar-refractivity contribution in [3.63, 3.8) is 0 Å². The normalized spacial score (nSPS) is 11.5. The van der Waals surface area contributed by atoms with Crippen LogP contribution in [0.5, 0.6) is 0 Å². The molecule has 0 aliphatic heterocycles. The van der Waals surface area contributed by atoms with Crippen LogP contribution in [0.1, 0.15) is 5.76 Å². The molecule has 0 unspecified atom stereocenters. The minimum atomic E-state index is -1.16. The summed E-state index contributed by atoms with van der Waals surface area (Å²) < 4.78 is 6.30. The first-order valence-corrected chi connectivity index (χ1v) is 6.08. The van der Waals surface area contributed by atoms with Crippen molar-refractivity contribution >= 4 is 17.7 Å². The Morgan fingerprint density at radius 2 is 2.00 bits per heavy atom. The van der Waals surface area contributed by atoms with E-state index in [9.17, 15) is 9.90 Å². The number of benzene rings is 1. The van der Waals surface area contributed by atoms with Gasteiger partial charge in [0.15, 0.2) is 11.5 Å². The number of carbonyl (C=O) groups is 1. The number of aromatic nitrogens is 4. The summed E-state index contributed by atoms with van der Waals surface area (Å²) in [7, 11) is 0. The number of aliphatic carboxylic acids is 1. The van der Waals surface area contributed by atoms with Gasteiger partial charge in [-0.2, -0.15) is 4.68 Å². The number of nitrogens with zero attached hydrogens (tertiary/aromatic N) is 4. The zero-order valence-corrected chi connectivity index (χ0v) is 10.7. The van der Waals surface area contributed by atoms with E-state index >= 15 is 0 Å². The SMILES string of the molecule is O=C(O)/C(=C/c1ccco1)n1nnnc1-c1ccccc1. The summed E-state index contributed by atoms with van der Waals surface area (Å²) >= 11 is 0. The molecule has 2 heterocycles. The van der Waals surface area contributed by atoms with E-state index in [2.05, 4.69) is 15.5 Å². The van der Waals surface area contributed by atoms with Crippen LogP contribution < -0.4 is 0 Å². The molecule has 0 radical (unpaired) electrons. The van der Waals surface area contributed by atoms with Crippen LogP contribution in [-0.2, 0) is 4.79 Å². The van der Waals surface area contributed by atoms with Crippen LogP contribution in [0.3, 0.4) is 0 Å².